The topological polar surface area (TPSA) is 99.7 Å². The highest BCUT2D eigenvalue weighted by Gasteiger charge is 2.13. The van der Waals surface area contributed by atoms with E-state index >= 15 is 0 Å². The van der Waals surface area contributed by atoms with Crippen LogP contribution in [0.3, 0.4) is 0 Å². The third-order valence-corrected chi connectivity index (χ3v) is 1.27. The minimum absolute atomic E-state index is 0.000000000000000222. The van der Waals surface area contributed by atoms with E-state index in [9.17, 15) is 0 Å². The predicted octanol–water partition coefficient (Wildman–Crippen LogP) is -0.275. The standard InChI is InChI=1S/C6H8N4/c7-3-1-2-4(8)6(10)5(3)9/h1-2,9-10H,7-8H2. The van der Waals surface area contributed by atoms with E-state index in [0.29, 0.717) is 11.4 Å². The zero-order valence-electron chi connectivity index (χ0n) is 5.31. The van der Waals surface area contributed by atoms with Crippen LogP contribution in [0.5, 0.6) is 0 Å². The molecule has 10 heavy (non-hydrogen) atoms. The van der Waals surface area contributed by atoms with Gasteiger partial charge in [0.2, 0.25) is 0 Å². The summed E-state index contributed by atoms with van der Waals surface area (Å²) < 4.78 is 0. The Hall–Kier alpha value is -1.58. The van der Waals surface area contributed by atoms with E-state index in [2.05, 4.69) is 0 Å². The molecule has 52 valence electrons. The SMILES string of the molecule is N=C1C(=N)C(N)=CC=C1N. The smallest absolute Gasteiger partial charge is 0.104 e. The van der Waals surface area contributed by atoms with Crippen LogP contribution in [0.15, 0.2) is 23.5 Å². The van der Waals surface area contributed by atoms with Gasteiger partial charge < -0.3 is 11.5 Å². The summed E-state index contributed by atoms with van der Waals surface area (Å²) in [6.45, 7) is 0. The highest BCUT2D eigenvalue weighted by atomic mass is 14.7. The van der Waals surface area contributed by atoms with Gasteiger partial charge in [-0.2, -0.15) is 0 Å². The van der Waals surface area contributed by atoms with E-state index in [4.69, 9.17) is 22.3 Å². The van der Waals surface area contributed by atoms with E-state index in [1.54, 1.807) is 0 Å². The average Bonchev–Trinajstić information content (AvgIpc) is 1.93. The fraction of sp³-hybridized carbons (Fsp3) is 0. The van der Waals surface area contributed by atoms with E-state index < -0.39 is 0 Å². The van der Waals surface area contributed by atoms with Gasteiger partial charge in [0.15, 0.2) is 0 Å². The first kappa shape index (κ1) is 6.54. The van der Waals surface area contributed by atoms with E-state index in [1.807, 2.05) is 0 Å². The summed E-state index contributed by atoms with van der Waals surface area (Å²) >= 11 is 0. The lowest BCUT2D eigenvalue weighted by atomic mass is 10.0. The van der Waals surface area contributed by atoms with Gasteiger partial charge in [-0.1, -0.05) is 0 Å². The zero-order valence-corrected chi connectivity index (χ0v) is 5.31. The van der Waals surface area contributed by atoms with Crippen molar-refractivity contribution < 1.29 is 0 Å². The second kappa shape index (κ2) is 1.98. The van der Waals surface area contributed by atoms with Crippen molar-refractivity contribution in [3.05, 3.63) is 23.5 Å². The Balaban J connectivity index is 3.09. The molecule has 0 saturated carbocycles. The van der Waals surface area contributed by atoms with Crippen molar-refractivity contribution in [1.29, 1.82) is 10.8 Å². The number of nitrogens with one attached hydrogen (secondary N) is 2. The molecular weight excluding hydrogens is 128 g/mol. The Morgan fingerprint density at radius 3 is 1.50 bits per heavy atom. The molecule has 0 aromatic carbocycles. The van der Waals surface area contributed by atoms with Crippen LogP contribution in [0.1, 0.15) is 0 Å². The highest BCUT2D eigenvalue weighted by Crippen LogP contribution is 2.03. The maximum atomic E-state index is 7.19. The first-order valence-corrected chi connectivity index (χ1v) is 2.74. The Morgan fingerprint density at radius 2 is 1.20 bits per heavy atom. The summed E-state index contributed by atoms with van der Waals surface area (Å²) in [6, 6.07) is 0. The Bertz CT molecular complexity index is 223. The molecule has 0 saturated heterocycles. The minimum atomic E-state index is 0.000000000000000222. The van der Waals surface area contributed by atoms with Crippen LogP contribution in [-0.2, 0) is 0 Å². The minimum Gasteiger partial charge on any atom is -0.397 e. The van der Waals surface area contributed by atoms with Crippen LogP contribution in [-0.4, -0.2) is 11.4 Å². The molecule has 0 spiro atoms. The molecule has 4 heteroatoms. The summed E-state index contributed by atoms with van der Waals surface area (Å²) in [7, 11) is 0. The van der Waals surface area contributed by atoms with Crippen LogP contribution in [0, 0.1) is 10.8 Å². The fourth-order valence-corrected chi connectivity index (χ4v) is 0.635. The number of nitrogens with two attached hydrogens (primary N) is 2. The lowest BCUT2D eigenvalue weighted by Gasteiger charge is -2.09. The number of rotatable bonds is 0. The van der Waals surface area contributed by atoms with E-state index in [-0.39, 0.29) is 11.4 Å². The van der Waals surface area contributed by atoms with Gasteiger partial charge in [0.1, 0.15) is 11.4 Å². The Morgan fingerprint density at radius 1 is 0.900 bits per heavy atom. The predicted molar refractivity (Wildman–Crippen MR) is 40.0 cm³/mol. The largest absolute Gasteiger partial charge is 0.397 e. The molecule has 0 atom stereocenters. The molecule has 0 unspecified atom stereocenters. The molecule has 0 aromatic heterocycles. The molecular formula is C6H8N4. The van der Waals surface area contributed by atoms with E-state index in [1.165, 1.54) is 12.2 Å². The number of hydrogen-bond donors (Lipinski definition) is 4. The van der Waals surface area contributed by atoms with Gasteiger partial charge in [0, 0.05) is 0 Å². The van der Waals surface area contributed by atoms with Crippen molar-refractivity contribution in [2.24, 2.45) is 11.5 Å². The molecule has 4 nitrogen and oxygen atoms in total. The van der Waals surface area contributed by atoms with Crippen LogP contribution in [0.2, 0.25) is 0 Å². The van der Waals surface area contributed by atoms with Crippen LogP contribution in [0.25, 0.3) is 0 Å². The van der Waals surface area contributed by atoms with Gasteiger partial charge in [0.25, 0.3) is 0 Å². The summed E-state index contributed by atoms with van der Waals surface area (Å²) in [6.07, 6.45) is 3.05. The summed E-state index contributed by atoms with van der Waals surface area (Å²) in [5, 5.41) is 14.4. The second-order valence-corrected chi connectivity index (χ2v) is 1.99. The number of hydrogen-bond acceptors (Lipinski definition) is 4. The van der Waals surface area contributed by atoms with Gasteiger partial charge in [-0.25, -0.2) is 0 Å². The summed E-state index contributed by atoms with van der Waals surface area (Å²) in [5.41, 5.74) is 11.2. The normalized spacial score (nSPS) is 18.4. The Labute approximate surface area is 58.2 Å². The average molecular weight is 136 g/mol. The summed E-state index contributed by atoms with van der Waals surface area (Å²) in [4.78, 5) is 0. The zero-order chi connectivity index (χ0) is 7.72. The van der Waals surface area contributed by atoms with Crippen molar-refractivity contribution >= 4 is 11.4 Å². The van der Waals surface area contributed by atoms with Gasteiger partial charge in [-0.3, -0.25) is 10.8 Å². The van der Waals surface area contributed by atoms with Gasteiger partial charge in [-0.05, 0) is 12.2 Å². The molecule has 0 aromatic rings. The van der Waals surface area contributed by atoms with Crippen LogP contribution in [0.4, 0.5) is 0 Å². The maximum Gasteiger partial charge on any atom is 0.104 e. The molecule has 0 radical (unpaired) electrons. The van der Waals surface area contributed by atoms with Crippen molar-refractivity contribution in [2.75, 3.05) is 0 Å². The molecule has 1 aliphatic rings. The quantitative estimate of drug-likeness (QED) is 0.344. The maximum absolute atomic E-state index is 7.19. The number of allylic oxidation sites excluding steroid dienone is 4. The lowest BCUT2D eigenvalue weighted by Crippen LogP contribution is -2.27. The van der Waals surface area contributed by atoms with Crippen molar-refractivity contribution in [1.82, 2.24) is 0 Å². The Kier molecular flexibility index (Phi) is 1.30. The molecule has 0 fully saturated rings. The van der Waals surface area contributed by atoms with Crippen molar-refractivity contribution in [3.63, 3.8) is 0 Å². The lowest BCUT2D eigenvalue weighted by molar-refractivity contribution is 1.34. The van der Waals surface area contributed by atoms with Crippen molar-refractivity contribution in [3.8, 4) is 0 Å². The third kappa shape index (κ3) is 0.793. The van der Waals surface area contributed by atoms with Gasteiger partial charge in [-0.15, -0.1) is 0 Å². The molecule has 1 rings (SSSR count). The molecule has 0 heterocycles. The molecule has 0 amide bonds. The summed E-state index contributed by atoms with van der Waals surface area (Å²) in [5.74, 6) is 0. The van der Waals surface area contributed by atoms with E-state index in [0.717, 1.165) is 0 Å². The van der Waals surface area contributed by atoms with Crippen LogP contribution >= 0.6 is 0 Å². The first-order valence-electron chi connectivity index (χ1n) is 2.74. The second-order valence-electron chi connectivity index (χ2n) is 1.99. The molecule has 0 aliphatic heterocycles. The molecule has 0 bridgehead atoms. The van der Waals surface area contributed by atoms with Crippen molar-refractivity contribution in [2.45, 2.75) is 0 Å². The monoisotopic (exact) mass is 136 g/mol. The van der Waals surface area contributed by atoms with Gasteiger partial charge >= 0.3 is 0 Å². The molecule has 1 aliphatic carbocycles. The first-order chi connectivity index (χ1) is 4.63. The van der Waals surface area contributed by atoms with Crippen LogP contribution < -0.4 is 11.5 Å². The third-order valence-electron chi connectivity index (χ3n) is 1.27. The molecule has 6 N–H and O–H groups in total. The van der Waals surface area contributed by atoms with Gasteiger partial charge in [0.05, 0.1) is 11.4 Å². The fourth-order valence-electron chi connectivity index (χ4n) is 0.635. The highest BCUT2D eigenvalue weighted by molar-refractivity contribution is 6.51.